The first-order valence-corrected chi connectivity index (χ1v) is 7.91. The third kappa shape index (κ3) is 1.77. The molecule has 0 atom stereocenters. The van der Waals surface area contributed by atoms with Gasteiger partial charge >= 0.3 is 0 Å². The Labute approximate surface area is 129 Å². The smallest absolute Gasteiger partial charge is 0.231 e. The summed E-state index contributed by atoms with van der Waals surface area (Å²) in [5.74, 6) is 1.63. The van der Waals surface area contributed by atoms with E-state index in [9.17, 15) is 0 Å². The average molecular weight is 294 g/mol. The molecule has 2 fully saturated rings. The molecule has 2 aromatic rings. The standard InChI is InChI=1S/C18H18N2O2/c1-4-16-17(22-12-21-16)9-13(1)15-3-2-14(10-19-15)18-5-7-20(11-18)8-6-18/h1-4,9-10H,5-8,11-12H2. The third-order valence-electron chi connectivity index (χ3n) is 5.38. The van der Waals surface area contributed by atoms with Gasteiger partial charge in [0, 0.05) is 23.7 Å². The molecule has 0 spiro atoms. The lowest BCUT2D eigenvalue weighted by molar-refractivity contribution is 0.174. The van der Waals surface area contributed by atoms with Crippen molar-refractivity contribution in [3.8, 4) is 22.8 Å². The highest BCUT2D eigenvalue weighted by atomic mass is 16.7. The van der Waals surface area contributed by atoms with Crippen molar-refractivity contribution in [2.24, 2.45) is 0 Å². The van der Waals surface area contributed by atoms with Crippen LogP contribution >= 0.6 is 0 Å². The van der Waals surface area contributed by atoms with Crippen LogP contribution in [0.1, 0.15) is 18.4 Å². The SMILES string of the molecule is c1cc2c(cc1-c1ccc(C34CCN(CC3)C4)cn1)OCO2. The zero-order valence-corrected chi connectivity index (χ0v) is 12.4. The van der Waals surface area contributed by atoms with E-state index in [1.807, 2.05) is 18.2 Å². The van der Waals surface area contributed by atoms with Crippen molar-refractivity contribution < 1.29 is 9.47 Å². The van der Waals surface area contributed by atoms with Crippen LogP contribution in [0.15, 0.2) is 36.5 Å². The molecule has 3 aliphatic heterocycles. The Balaban J connectivity index is 1.47. The Bertz CT molecular complexity index is 718. The van der Waals surface area contributed by atoms with Gasteiger partial charge in [0.05, 0.1) is 5.69 Å². The molecule has 2 bridgehead atoms. The van der Waals surface area contributed by atoms with Crippen molar-refractivity contribution in [1.82, 2.24) is 9.88 Å². The summed E-state index contributed by atoms with van der Waals surface area (Å²) < 4.78 is 10.8. The largest absolute Gasteiger partial charge is 0.454 e. The molecule has 22 heavy (non-hydrogen) atoms. The van der Waals surface area contributed by atoms with Gasteiger partial charge in [-0.2, -0.15) is 0 Å². The molecule has 5 rings (SSSR count). The fourth-order valence-electron chi connectivity index (χ4n) is 4.04. The lowest BCUT2D eigenvalue weighted by Gasteiger charge is -2.25. The summed E-state index contributed by atoms with van der Waals surface area (Å²) in [5, 5.41) is 0. The van der Waals surface area contributed by atoms with E-state index in [-0.39, 0.29) is 0 Å². The van der Waals surface area contributed by atoms with Crippen molar-refractivity contribution in [2.75, 3.05) is 26.4 Å². The molecular formula is C18H18N2O2. The van der Waals surface area contributed by atoms with E-state index in [0.717, 1.165) is 22.8 Å². The maximum Gasteiger partial charge on any atom is 0.231 e. The van der Waals surface area contributed by atoms with E-state index in [2.05, 4.69) is 23.2 Å². The van der Waals surface area contributed by atoms with Gasteiger partial charge in [-0.25, -0.2) is 0 Å². The Morgan fingerprint density at radius 3 is 2.59 bits per heavy atom. The number of hydrogen-bond acceptors (Lipinski definition) is 4. The molecule has 0 unspecified atom stereocenters. The number of aromatic nitrogens is 1. The number of piperidine rings is 1. The summed E-state index contributed by atoms with van der Waals surface area (Å²) >= 11 is 0. The number of fused-ring (bicyclic) bond motifs is 3. The van der Waals surface area contributed by atoms with Crippen LogP contribution in [-0.2, 0) is 5.41 Å². The first kappa shape index (κ1) is 12.5. The van der Waals surface area contributed by atoms with Crippen molar-refractivity contribution in [3.63, 3.8) is 0 Å². The van der Waals surface area contributed by atoms with Crippen LogP contribution in [0.2, 0.25) is 0 Å². The predicted molar refractivity (Wildman–Crippen MR) is 83.1 cm³/mol. The molecule has 1 aromatic heterocycles. The van der Waals surface area contributed by atoms with Crippen molar-refractivity contribution in [3.05, 3.63) is 42.1 Å². The van der Waals surface area contributed by atoms with Crippen LogP contribution in [0.5, 0.6) is 11.5 Å². The van der Waals surface area contributed by atoms with Gasteiger partial charge in [0.2, 0.25) is 6.79 Å². The second-order valence-corrected chi connectivity index (χ2v) is 6.56. The monoisotopic (exact) mass is 294 g/mol. The van der Waals surface area contributed by atoms with E-state index < -0.39 is 0 Å². The summed E-state index contributed by atoms with van der Waals surface area (Å²) in [6.45, 7) is 4.00. The lowest BCUT2D eigenvalue weighted by Crippen LogP contribution is -2.24. The maximum atomic E-state index is 5.45. The minimum Gasteiger partial charge on any atom is -0.454 e. The van der Waals surface area contributed by atoms with E-state index >= 15 is 0 Å². The first-order chi connectivity index (χ1) is 10.8. The molecule has 0 amide bonds. The number of hydrogen-bond donors (Lipinski definition) is 0. The van der Waals surface area contributed by atoms with Gasteiger partial charge in [-0.05, 0) is 55.8 Å². The van der Waals surface area contributed by atoms with E-state index in [4.69, 9.17) is 14.5 Å². The fraction of sp³-hybridized carbons (Fsp3) is 0.389. The van der Waals surface area contributed by atoms with Crippen molar-refractivity contribution >= 4 is 0 Å². The van der Waals surface area contributed by atoms with Gasteiger partial charge in [0.15, 0.2) is 11.5 Å². The summed E-state index contributed by atoms with van der Waals surface area (Å²) in [5.41, 5.74) is 3.83. The molecule has 4 nitrogen and oxygen atoms in total. The number of pyridine rings is 1. The summed E-state index contributed by atoms with van der Waals surface area (Å²) in [6.07, 6.45) is 4.63. The lowest BCUT2D eigenvalue weighted by atomic mass is 9.78. The Morgan fingerprint density at radius 2 is 1.86 bits per heavy atom. The number of nitrogens with zero attached hydrogens (tertiary/aromatic N) is 2. The summed E-state index contributed by atoms with van der Waals surface area (Å²) in [6, 6.07) is 10.4. The Morgan fingerprint density at radius 1 is 1.00 bits per heavy atom. The molecule has 1 aromatic carbocycles. The number of rotatable bonds is 2. The van der Waals surface area contributed by atoms with E-state index in [0.29, 0.717) is 12.2 Å². The van der Waals surface area contributed by atoms with Crippen LogP contribution in [0.3, 0.4) is 0 Å². The van der Waals surface area contributed by atoms with Gasteiger partial charge in [0.1, 0.15) is 0 Å². The van der Waals surface area contributed by atoms with Crippen LogP contribution in [0.4, 0.5) is 0 Å². The predicted octanol–water partition coefficient (Wildman–Crippen LogP) is 2.82. The van der Waals surface area contributed by atoms with E-state index in [1.54, 1.807) is 0 Å². The van der Waals surface area contributed by atoms with Crippen molar-refractivity contribution in [1.29, 1.82) is 0 Å². The van der Waals surface area contributed by atoms with Gasteiger partial charge in [0.25, 0.3) is 0 Å². The highest BCUT2D eigenvalue weighted by molar-refractivity contribution is 5.64. The van der Waals surface area contributed by atoms with Crippen molar-refractivity contribution in [2.45, 2.75) is 18.3 Å². The highest BCUT2D eigenvalue weighted by Gasteiger charge is 2.44. The van der Waals surface area contributed by atoms with Gasteiger partial charge in [-0.15, -0.1) is 0 Å². The van der Waals surface area contributed by atoms with Crippen LogP contribution in [0.25, 0.3) is 11.3 Å². The second kappa shape index (κ2) is 4.46. The minimum atomic E-state index is 0.310. The van der Waals surface area contributed by atoms with Crippen LogP contribution in [-0.4, -0.2) is 36.3 Å². The quantitative estimate of drug-likeness (QED) is 0.853. The summed E-state index contributed by atoms with van der Waals surface area (Å²) in [7, 11) is 0. The third-order valence-corrected chi connectivity index (χ3v) is 5.38. The number of ether oxygens (including phenoxy) is 2. The highest BCUT2D eigenvalue weighted by Crippen LogP contribution is 2.43. The minimum absolute atomic E-state index is 0.310. The average Bonchev–Trinajstić information content (AvgIpc) is 3.30. The molecule has 0 radical (unpaired) electrons. The topological polar surface area (TPSA) is 34.6 Å². The number of benzene rings is 1. The second-order valence-electron chi connectivity index (χ2n) is 6.56. The molecule has 0 saturated carbocycles. The molecular weight excluding hydrogens is 276 g/mol. The summed E-state index contributed by atoms with van der Waals surface area (Å²) in [4.78, 5) is 7.28. The van der Waals surface area contributed by atoms with Gasteiger partial charge < -0.3 is 14.4 Å². The zero-order valence-electron chi connectivity index (χ0n) is 12.4. The molecule has 112 valence electrons. The zero-order chi connectivity index (χ0) is 14.6. The van der Waals surface area contributed by atoms with Gasteiger partial charge in [-0.1, -0.05) is 6.07 Å². The van der Waals surface area contributed by atoms with E-state index in [1.165, 1.54) is 38.0 Å². The van der Waals surface area contributed by atoms with Gasteiger partial charge in [-0.3, -0.25) is 4.98 Å². The normalized spacial score (nSPS) is 28.3. The van der Waals surface area contributed by atoms with Crippen LogP contribution in [0, 0.1) is 0 Å². The molecule has 0 aliphatic carbocycles. The molecule has 3 aliphatic rings. The molecule has 4 heterocycles. The first-order valence-electron chi connectivity index (χ1n) is 7.91. The Hall–Kier alpha value is -2.07. The molecule has 4 heteroatoms. The van der Waals surface area contributed by atoms with Crippen LogP contribution < -0.4 is 9.47 Å². The molecule has 0 N–H and O–H groups in total. The molecule has 2 saturated heterocycles. The Kier molecular flexibility index (Phi) is 2.53. The maximum absolute atomic E-state index is 5.45. The fourth-order valence-corrected chi connectivity index (χ4v) is 4.04.